The van der Waals surface area contributed by atoms with Crippen molar-refractivity contribution in [3.8, 4) is 0 Å². The highest BCUT2D eigenvalue weighted by molar-refractivity contribution is 7.11. The molecule has 1 fully saturated rings. The molecule has 1 aliphatic rings. The highest BCUT2D eigenvalue weighted by Gasteiger charge is 2.45. The summed E-state index contributed by atoms with van der Waals surface area (Å²) in [7, 11) is 0. The topological polar surface area (TPSA) is 12.9 Å². The van der Waals surface area contributed by atoms with Gasteiger partial charge >= 0.3 is 0 Å². The van der Waals surface area contributed by atoms with Gasteiger partial charge in [-0.1, -0.05) is 0 Å². The summed E-state index contributed by atoms with van der Waals surface area (Å²) in [6.45, 7) is 4.13. The van der Waals surface area contributed by atoms with Crippen LogP contribution in [0.15, 0.2) is 0 Å². The van der Waals surface area contributed by atoms with Crippen molar-refractivity contribution in [2.45, 2.75) is 31.6 Å². The van der Waals surface area contributed by atoms with Crippen LogP contribution >= 0.6 is 22.9 Å². The standard InChI is InChI=1S/C8H10ClNS/c1-5-7(8(9)3-4-8)10-6(2)11-5/h3-4H2,1-2H3. The first-order valence-electron chi connectivity index (χ1n) is 3.75. The van der Waals surface area contributed by atoms with E-state index in [2.05, 4.69) is 11.9 Å². The Morgan fingerprint density at radius 3 is 2.45 bits per heavy atom. The van der Waals surface area contributed by atoms with Crippen molar-refractivity contribution >= 4 is 22.9 Å². The first-order valence-corrected chi connectivity index (χ1v) is 4.95. The fourth-order valence-corrected chi connectivity index (χ4v) is 2.54. The Morgan fingerprint density at radius 2 is 2.09 bits per heavy atom. The van der Waals surface area contributed by atoms with Crippen LogP contribution in [-0.2, 0) is 4.87 Å². The lowest BCUT2D eigenvalue weighted by atomic mass is 10.2. The van der Waals surface area contributed by atoms with E-state index < -0.39 is 0 Å². The average molecular weight is 188 g/mol. The molecule has 0 bridgehead atoms. The molecule has 0 unspecified atom stereocenters. The van der Waals surface area contributed by atoms with Crippen molar-refractivity contribution in [2.75, 3.05) is 0 Å². The van der Waals surface area contributed by atoms with Gasteiger partial charge < -0.3 is 0 Å². The van der Waals surface area contributed by atoms with Gasteiger partial charge in [0, 0.05) is 4.88 Å². The fourth-order valence-electron chi connectivity index (χ4n) is 1.29. The molecular weight excluding hydrogens is 178 g/mol. The maximum atomic E-state index is 6.23. The first-order chi connectivity index (χ1) is 5.12. The molecule has 0 aromatic carbocycles. The molecule has 0 aliphatic heterocycles. The lowest BCUT2D eigenvalue weighted by molar-refractivity contribution is 0.933. The van der Waals surface area contributed by atoms with Crippen molar-refractivity contribution in [3.05, 3.63) is 15.6 Å². The number of halogens is 1. The Labute approximate surface area is 75.4 Å². The van der Waals surface area contributed by atoms with Gasteiger partial charge in [0.1, 0.15) is 0 Å². The van der Waals surface area contributed by atoms with Gasteiger partial charge in [-0.15, -0.1) is 22.9 Å². The second kappa shape index (κ2) is 2.20. The molecule has 0 N–H and O–H groups in total. The lowest BCUT2D eigenvalue weighted by Crippen LogP contribution is -1.98. The minimum absolute atomic E-state index is 0.0746. The van der Waals surface area contributed by atoms with E-state index >= 15 is 0 Å². The summed E-state index contributed by atoms with van der Waals surface area (Å²) < 4.78 is 0. The van der Waals surface area contributed by atoms with Crippen LogP contribution < -0.4 is 0 Å². The number of aryl methyl sites for hydroxylation is 2. The molecule has 1 aromatic heterocycles. The van der Waals surface area contributed by atoms with Crippen LogP contribution in [0, 0.1) is 13.8 Å². The van der Waals surface area contributed by atoms with Crippen molar-refractivity contribution in [1.29, 1.82) is 0 Å². The molecule has 11 heavy (non-hydrogen) atoms. The number of rotatable bonds is 1. The van der Waals surface area contributed by atoms with Gasteiger partial charge in [-0.25, -0.2) is 4.98 Å². The van der Waals surface area contributed by atoms with E-state index in [0.29, 0.717) is 0 Å². The predicted molar refractivity (Wildman–Crippen MR) is 48.4 cm³/mol. The minimum atomic E-state index is -0.0746. The Hall–Kier alpha value is -0.0800. The van der Waals surface area contributed by atoms with Crippen molar-refractivity contribution in [3.63, 3.8) is 0 Å². The summed E-state index contributed by atoms with van der Waals surface area (Å²) >= 11 is 7.97. The van der Waals surface area contributed by atoms with Crippen LogP contribution in [0.25, 0.3) is 0 Å². The van der Waals surface area contributed by atoms with Crippen LogP contribution in [0.3, 0.4) is 0 Å². The van der Waals surface area contributed by atoms with E-state index in [1.54, 1.807) is 11.3 Å². The van der Waals surface area contributed by atoms with Gasteiger partial charge in [-0.05, 0) is 26.7 Å². The zero-order chi connectivity index (χ0) is 8.06. The van der Waals surface area contributed by atoms with Crippen molar-refractivity contribution in [2.24, 2.45) is 0 Å². The number of hydrogen-bond donors (Lipinski definition) is 0. The zero-order valence-corrected chi connectivity index (χ0v) is 8.22. The average Bonchev–Trinajstić information content (AvgIpc) is 2.55. The Bertz CT molecular complexity index is 288. The van der Waals surface area contributed by atoms with Crippen LogP contribution in [0.5, 0.6) is 0 Å². The summed E-state index contributed by atoms with van der Waals surface area (Å²) in [5.41, 5.74) is 1.13. The van der Waals surface area contributed by atoms with E-state index in [0.717, 1.165) is 23.5 Å². The summed E-state index contributed by atoms with van der Waals surface area (Å²) in [5.74, 6) is 0. The van der Waals surface area contributed by atoms with E-state index in [4.69, 9.17) is 11.6 Å². The van der Waals surface area contributed by atoms with Crippen molar-refractivity contribution in [1.82, 2.24) is 4.98 Å². The molecular formula is C8H10ClNS. The smallest absolute Gasteiger partial charge is 0.0900 e. The summed E-state index contributed by atoms with van der Waals surface area (Å²) in [4.78, 5) is 5.64. The Morgan fingerprint density at radius 1 is 1.45 bits per heavy atom. The Kier molecular flexibility index (Phi) is 1.52. The molecule has 3 heteroatoms. The van der Waals surface area contributed by atoms with Gasteiger partial charge in [0.05, 0.1) is 15.6 Å². The largest absolute Gasteiger partial charge is 0.244 e. The second-order valence-corrected chi connectivity index (χ2v) is 5.23. The number of thiazole rings is 1. The second-order valence-electron chi connectivity index (χ2n) is 3.10. The molecule has 1 aliphatic carbocycles. The molecule has 1 nitrogen and oxygen atoms in total. The third-order valence-corrected chi connectivity index (χ3v) is 3.46. The van der Waals surface area contributed by atoms with Gasteiger partial charge in [-0.3, -0.25) is 0 Å². The quantitative estimate of drug-likeness (QED) is 0.616. The Balaban J connectivity index is 2.44. The minimum Gasteiger partial charge on any atom is -0.244 e. The van der Waals surface area contributed by atoms with Gasteiger partial charge in [0.2, 0.25) is 0 Å². The van der Waals surface area contributed by atoms with Crippen LogP contribution in [-0.4, -0.2) is 4.98 Å². The lowest BCUT2D eigenvalue weighted by Gasteiger charge is -2.01. The fraction of sp³-hybridized carbons (Fsp3) is 0.625. The molecule has 60 valence electrons. The molecule has 0 amide bonds. The molecule has 1 heterocycles. The van der Waals surface area contributed by atoms with Gasteiger partial charge in [0.15, 0.2) is 0 Å². The van der Waals surface area contributed by atoms with Crippen LogP contribution in [0.2, 0.25) is 0 Å². The van der Waals surface area contributed by atoms with Gasteiger partial charge in [0.25, 0.3) is 0 Å². The normalized spacial score (nSPS) is 20.3. The first kappa shape index (κ1) is 7.56. The number of aromatic nitrogens is 1. The molecule has 0 spiro atoms. The van der Waals surface area contributed by atoms with Gasteiger partial charge in [-0.2, -0.15) is 0 Å². The summed E-state index contributed by atoms with van der Waals surface area (Å²) in [6, 6.07) is 0. The number of alkyl halides is 1. The van der Waals surface area contributed by atoms with Crippen LogP contribution in [0.1, 0.15) is 28.4 Å². The van der Waals surface area contributed by atoms with Crippen molar-refractivity contribution < 1.29 is 0 Å². The van der Waals surface area contributed by atoms with E-state index in [1.807, 2.05) is 6.92 Å². The zero-order valence-electron chi connectivity index (χ0n) is 6.65. The highest BCUT2D eigenvalue weighted by atomic mass is 35.5. The summed E-state index contributed by atoms with van der Waals surface area (Å²) in [6.07, 6.45) is 2.19. The number of hydrogen-bond acceptors (Lipinski definition) is 2. The highest BCUT2D eigenvalue weighted by Crippen LogP contribution is 2.53. The molecule has 2 rings (SSSR count). The SMILES string of the molecule is Cc1nc(C2(Cl)CC2)c(C)s1. The monoisotopic (exact) mass is 187 g/mol. The maximum absolute atomic E-state index is 6.23. The third kappa shape index (κ3) is 1.18. The molecule has 1 saturated carbocycles. The molecule has 1 aromatic rings. The number of nitrogens with zero attached hydrogens (tertiary/aromatic N) is 1. The molecule has 0 radical (unpaired) electrons. The molecule has 0 saturated heterocycles. The van der Waals surface area contributed by atoms with E-state index in [-0.39, 0.29) is 4.87 Å². The predicted octanol–water partition coefficient (Wildman–Crippen LogP) is 2.99. The van der Waals surface area contributed by atoms with E-state index in [9.17, 15) is 0 Å². The van der Waals surface area contributed by atoms with Crippen LogP contribution in [0.4, 0.5) is 0 Å². The summed E-state index contributed by atoms with van der Waals surface area (Å²) in [5, 5.41) is 1.13. The maximum Gasteiger partial charge on any atom is 0.0900 e. The third-order valence-electron chi connectivity index (χ3n) is 2.02. The van der Waals surface area contributed by atoms with E-state index in [1.165, 1.54) is 4.88 Å². The molecule has 0 atom stereocenters.